The third-order valence-electron chi connectivity index (χ3n) is 1.48. The Morgan fingerprint density at radius 2 is 2.18 bits per heavy atom. The fourth-order valence-corrected chi connectivity index (χ4v) is 1.06. The molecule has 1 atom stereocenters. The average Bonchev–Trinajstić information content (AvgIpc) is 2.54. The minimum absolute atomic E-state index is 0.649. The molecule has 1 aliphatic rings. The molecule has 0 aliphatic carbocycles. The van der Waals surface area contributed by atoms with Gasteiger partial charge in [-0.05, 0) is 0 Å². The number of cyclic esters (lactones) is 2. The molecule has 0 spiro atoms. The van der Waals surface area contributed by atoms with Crippen LogP contribution in [0.4, 0.5) is 8.78 Å². The predicted molar refractivity (Wildman–Crippen MR) is 40.3 cm³/mol. The summed E-state index contributed by atoms with van der Waals surface area (Å²) in [4.78, 5) is 32.2. The molecule has 1 heterocycles. The number of ether oxygens (including phenoxy) is 2. The number of halogens is 2. The highest BCUT2D eigenvalue weighted by Crippen LogP contribution is 2.32. The smallest absolute Gasteiger partial charge is 0.415 e. The monoisotopic (exact) mass is 273 g/mol. The summed E-state index contributed by atoms with van der Waals surface area (Å²) >= 11 is -0.907. The molecule has 1 aliphatic heterocycles. The summed E-state index contributed by atoms with van der Waals surface area (Å²) in [5, 5.41) is 7.64. The lowest BCUT2D eigenvalue weighted by molar-refractivity contribution is -0.777. The minimum atomic E-state index is -4.27. The van der Waals surface area contributed by atoms with Gasteiger partial charge in [0.05, 0.1) is 6.42 Å². The number of carbonyl (C=O) groups is 3. The fraction of sp³-hybridized carbons (Fsp3) is 0.500. The van der Waals surface area contributed by atoms with Crippen LogP contribution in [0.3, 0.4) is 0 Å². The molecule has 1 unspecified atom stereocenters. The average molecular weight is 273 g/mol. The largest absolute Gasteiger partial charge is 0.691 e. The third-order valence-corrected chi connectivity index (χ3v) is 1.98. The number of esters is 3. The van der Waals surface area contributed by atoms with Gasteiger partial charge in [0.25, 0.3) is 0 Å². The van der Waals surface area contributed by atoms with Crippen molar-refractivity contribution in [3.05, 3.63) is 0 Å². The highest BCUT2D eigenvalue weighted by molar-refractivity contribution is 7.96. The number of carbonyl (C=O) groups excluding carboxylic acids is 3. The first kappa shape index (κ1) is 13.8. The summed E-state index contributed by atoms with van der Waals surface area (Å²) < 4.78 is 36.8. The van der Waals surface area contributed by atoms with Crippen molar-refractivity contribution in [1.82, 2.24) is 0 Å². The molecule has 0 bridgehead atoms. The van der Waals surface area contributed by atoms with Gasteiger partial charge in [-0.2, -0.15) is 13.1 Å². The van der Waals surface area contributed by atoms with Crippen molar-refractivity contribution in [2.75, 3.05) is 0 Å². The van der Waals surface area contributed by atoms with Gasteiger partial charge in [0.2, 0.25) is 6.10 Å². The molecule has 0 aromatic heterocycles. The van der Waals surface area contributed by atoms with E-state index in [0.29, 0.717) is 0 Å². The summed E-state index contributed by atoms with van der Waals surface area (Å²) in [6.07, 6.45) is -2.38. The molecule has 1 saturated heterocycles. The van der Waals surface area contributed by atoms with Crippen LogP contribution in [0.2, 0.25) is 0 Å². The minimum Gasteiger partial charge on any atom is -0.691 e. The van der Waals surface area contributed by atoms with Crippen molar-refractivity contribution in [1.29, 1.82) is 0 Å². The highest BCUT2D eigenvalue weighted by Gasteiger charge is 2.47. The van der Waals surface area contributed by atoms with E-state index < -0.39 is 47.7 Å². The number of rotatable bonds is 5. The van der Waals surface area contributed by atoms with Gasteiger partial charge in [-0.1, -0.05) is 0 Å². The first-order valence-corrected chi connectivity index (χ1v) is 4.58. The summed E-state index contributed by atoms with van der Waals surface area (Å²) in [5.74, 6) is -4.41. The molecule has 8 nitrogen and oxygen atoms in total. The van der Waals surface area contributed by atoms with Crippen molar-refractivity contribution < 1.29 is 47.3 Å². The molecule has 1 rings (SSSR count). The summed E-state index contributed by atoms with van der Waals surface area (Å²) in [6, 6.07) is 0. The number of hydrogen-bond donors (Lipinski definition) is 0. The van der Waals surface area contributed by atoms with Crippen molar-refractivity contribution in [3.63, 3.8) is 0 Å². The van der Waals surface area contributed by atoms with Crippen LogP contribution >= 0.6 is 12.0 Å². The quantitative estimate of drug-likeness (QED) is 0.201. The van der Waals surface area contributed by atoms with Gasteiger partial charge in [0.15, 0.2) is 0 Å². The van der Waals surface area contributed by atoms with Crippen molar-refractivity contribution in [2.45, 2.75) is 17.8 Å². The summed E-state index contributed by atoms with van der Waals surface area (Å²) in [6.45, 7) is 0. The standard InChI is InChI=1S/C6H4F2O8S/c7-6(8,17-16-15-12)5(11)13-2-1-3(9)14-4(2)10/h2,12H,1H2/p-1. The molecular weight excluding hydrogens is 270 g/mol. The Morgan fingerprint density at radius 1 is 1.53 bits per heavy atom. The molecule has 1 fully saturated rings. The van der Waals surface area contributed by atoms with Crippen LogP contribution in [0.5, 0.6) is 0 Å². The maximum absolute atomic E-state index is 12.8. The zero-order chi connectivity index (χ0) is 13.1. The Bertz CT molecular complexity index is 345. The molecule has 0 N–H and O–H groups in total. The Balaban J connectivity index is 2.53. The van der Waals surface area contributed by atoms with Crippen LogP contribution < -0.4 is 5.26 Å². The van der Waals surface area contributed by atoms with Crippen molar-refractivity contribution >= 4 is 30.0 Å². The SMILES string of the molecule is O=C1CC(OC(=O)C(F)(F)SOO[O-])C(=O)O1. The van der Waals surface area contributed by atoms with Gasteiger partial charge in [-0.15, -0.1) is 0 Å². The molecule has 17 heavy (non-hydrogen) atoms. The third kappa shape index (κ3) is 3.59. The Morgan fingerprint density at radius 3 is 2.65 bits per heavy atom. The molecule has 0 saturated carbocycles. The van der Waals surface area contributed by atoms with Crippen LogP contribution in [0.1, 0.15) is 6.42 Å². The van der Waals surface area contributed by atoms with Gasteiger partial charge in [0.1, 0.15) is 12.0 Å². The van der Waals surface area contributed by atoms with E-state index in [-0.39, 0.29) is 0 Å². The predicted octanol–water partition coefficient (Wildman–Crippen LogP) is -1.16. The second kappa shape index (κ2) is 5.35. The van der Waals surface area contributed by atoms with E-state index in [2.05, 4.69) is 18.8 Å². The Hall–Kier alpha value is -1.30. The second-order valence-electron chi connectivity index (χ2n) is 2.63. The van der Waals surface area contributed by atoms with Crippen LogP contribution in [-0.2, 0) is 33.2 Å². The lowest BCUT2D eigenvalue weighted by atomic mass is 10.3. The van der Waals surface area contributed by atoms with Crippen LogP contribution in [0, 0.1) is 0 Å². The first-order chi connectivity index (χ1) is 7.86. The zero-order valence-corrected chi connectivity index (χ0v) is 8.53. The fourth-order valence-electron chi connectivity index (χ4n) is 0.833. The molecule has 0 amide bonds. The van der Waals surface area contributed by atoms with E-state index in [1.54, 1.807) is 0 Å². The Labute approximate surface area is 95.8 Å². The maximum atomic E-state index is 12.8. The molecule has 96 valence electrons. The summed E-state index contributed by atoms with van der Waals surface area (Å²) in [5.41, 5.74) is 0. The van der Waals surface area contributed by atoms with Gasteiger partial charge in [0, 0.05) is 0 Å². The van der Waals surface area contributed by atoms with Gasteiger partial charge in [-0.3, -0.25) is 9.83 Å². The summed E-state index contributed by atoms with van der Waals surface area (Å²) in [7, 11) is 0. The molecule has 0 aromatic carbocycles. The van der Waals surface area contributed by atoms with Gasteiger partial charge in [-0.25, -0.2) is 9.59 Å². The van der Waals surface area contributed by atoms with E-state index >= 15 is 0 Å². The lowest BCUT2D eigenvalue weighted by Gasteiger charge is -2.15. The molecular formula is C6H3F2O8S-. The van der Waals surface area contributed by atoms with Crippen molar-refractivity contribution in [2.24, 2.45) is 0 Å². The van der Waals surface area contributed by atoms with Crippen molar-refractivity contribution in [3.8, 4) is 0 Å². The van der Waals surface area contributed by atoms with Gasteiger partial charge >= 0.3 is 23.2 Å². The van der Waals surface area contributed by atoms with E-state index in [1.165, 1.54) is 0 Å². The van der Waals surface area contributed by atoms with Crippen LogP contribution in [0.15, 0.2) is 0 Å². The maximum Gasteiger partial charge on any atom is 0.415 e. The van der Waals surface area contributed by atoms with E-state index in [0.717, 1.165) is 0 Å². The lowest BCUT2D eigenvalue weighted by Crippen LogP contribution is -2.33. The van der Waals surface area contributed by atoms with E-state index in [9.17, 15) is 28.4 Å². The molecule has 0 radical (unpaired) electrons. The highest BCUT2D eigenvalue weighted by atomic mass is 32.2. The second-order valence-corrected chi connectivity index (χ2v) is 3.44. The number of hydrogen-bond acceptors (Lipinski definition) is 9. The molecule has 0 aromatic rings. The first-order valence-electron chi connectivity index (χ1n) is 3.84. The molecule has 11 heteroatoms. The van der Waals surface area contributed by atoms with Crippen LogP contribution in [-0.4, -0.2) is 29.3 Å². The van der Waals surface area contributed by atoms with Gasteiger partial charge < -0.3 is 14.7 Å². The topological polar surface area (TPSA) is 111 Å². The van der Waals surface area contributed by atoms with E-state index in [4.69, 9.17) is 0 Å². The van der Waals surface area contributed by atoms with E-state index in [1.807, 2.05) is 0 Å². The normalized spacial score (nSPS) is 20.3. The Kier molecular flexibility index (Phi) is 4.34. The number of alkyl halides is 2. The zero-order valence-electron chi connectivity index (χ0n) is 7.71. The van der Waals surface area contributed by atoms with Crippen LogP contribution in [0.25, 0.3) is 0 Å².